The number of sulfonamides is 1. The van der Waals surface area contributed by atoms with Gasteiger partial charge in [0, 0.05) is 22.9 Å². The Kier molecular flexibility index (Phi) is 10.8. The lowest BCUT2D eigenvalue weighted by molar-refractivity contribution is -0.142. The van der Waals surface area contributed by atoms with Crippen LogP contribution in [0.3, 0.4) is 0 Å². The number of benzene rings is 3. The predicted octanol–water partition coefficient (Wildman–Crippen LogP) is 5.86. The molecule has 0 aromatic heterocycles. The highest BCUT2D eigenvalue weighted by Gasteiger charge is 2.33. The fraction of sp³-hybridized carbons (Fsp3) is 0.375. The van der Waals surface area contributed by atoms with Crippen LogP contribution in [0.15, 0.2) is 83.8 Å². The number of carboxylic acids is 1. The van der Waals surface area contributed by atoms with Gasteiger partial charge in [0.2, 0.25) is 10.0 Å². The lowest BCUT2D eigenvalue weighted by Gasteiger charge is -2.32. The van der Waals surface area contributed by atoms with Gasteiger partial charge in [-0.25, -0.2) is 13.2 Å². The normalized spacial score (nSPS) is 14.8. The van der Waals surface area contributed by atoms with Gasteiger partial charge in [-0.1, -0.05) is 41.9 Å². The standard InChI is InChI=1S/C32H39ClN4O5S/c1-32(2,30(38)39)35-43(41,42)29-15-9-24(10-16-29)23-25-17-21-36(22-18-25)19-6-20-37(28-7-4-3-5-8-28)31(40)34-27-13-11-26(33)12-14-27/h3-5,7-16,25,35H,6,17-23H2,1-2H3,(H,34,40)(H,38,39). The summed E-state index contributed by atoms with van der Waals surface area (Å²) in [4.78, 5) is 28.7. The van der Waals surface area contributed by atoms with E-state index in [1.165, 1.54) is 26.0 Å². The highest BCUT2D eigenvalue weighted by molar-refractivity contribution is 7.89. The fourth-order valence-electron chi connectivity index (χ4n) is 5.12. The number of para-hydroxylation sites is 1. The summed E-state index contributed by atoms with van der Waals surface area (Å²) >= 11 is 5.98. The van der Waals surface area contributed by atoms with E-state index < -0.39 is 21.5 Å². The number of amides is 2. The van der Waals surface area contributed by atoms with Crippen molar-refractivity contribution in [3.05, 3.63) is 89.4 Å². The van der Waals surface area contributed by atoms with Crippen molar-refractivity contribution in [2.24, 2.45) is 5.92 Å². The molecular weight excluding hydrogens is 588 g/mol. The Morgan fingerprint density at radius 3 is 2.21 bits per heavy atom. The molecule has 9 nitrogen and oxygen atoms in total. The molecule has 0 unspecified atom stereocenters. The number of carbonyl (C=O) groups is 2. The number of hydrogen-bond donors (Lipinski definition) is 3. The van der Waals surface area contributed by atoms with Gasteiger partial charge in [0.25, 0.3) is 0 Å². The number of halogens is 1. The summed E-state index contributed by atoms with van der Waals surface area (Å²) in [6.07, 6.45) is 3.76. The number of nitrogens with zero attached hydrogens (tertiary/aromatic N) is 2. The first-order valence-corrected chi connectivity index (χ1v) is 16.3. The summed E-state index contributed by atoms with van der Waals surface area (Å²) < 4.78 is 27.5. The second kappa shape index (κ2) is 14.4. The topological polar surface area (TPSA) is 119 Å². The van der Waals surface area contributed by atoms with E-state index >= 15 is 0 Å². The van der Waals surface area contributed by atoms with Gasteiger partial charge in [0.1, 0.15) is 5.54 Å². The van der Waals surface area contributed by atoms with Crippen molar-refractivity contribution in [3.8, 4) is 0 Å². The van der Waals surface area contributed by atoms with E-state index in [2.05, 4.69) is 14.9 Å². The highest BCUT2D eigenvalue weighted by Crippen LogP contribution is 2.24. The molecule has 3 aromatic carbocycles. The second-order valence-electron chi connectivity index (χ2n) is 11.4. The van der Waals surface area contributed by atoms with Crippen LogP contribution < -0.4 is 14.9 Å². The van der Waals surface area contributed by atoms with Crippen LogP contribution in [0.5, 0.6) is 0 Å². The number of carbonyl (C=O) groups excluding carboxylic acids is 1. The maximum Gasteiger partial charge on any atom is 0.326 e. The summed E-state index contributed by atoms with van der Waals surface area (Å²) in [6, 6.07) is 23.2. The summed E-state index contributed by atoms with van der Waals surface area (Å²) in [5.74, 6) is -0.749. The third kappa shape index (κ3) is 9.27. The Bertz CT molecular complexity index is 1470. The number of anilines is 2. The molecule has 0 atom stereocenters. The quantitative estimate of drug-likeness (QED) is 0.232. The number of likely N-dealkylation sites (tertiary alicyclic amines) is 1. The zero-order chi connectivity index (χ0) is 31.0. The molecular formula is C32H39ClN4O5S. The molecule has 0 aliphatic carbocycles. The molecule has 1 fully saturated rings. The molecule has 1 heterocycles. The number of rotatable bonds is 12. The molecule has 0 bridgehead atoms. The molecule has 0 spiro atoms. The smallest absolute Gasteiger partial charge is 0.326 e. The molecule has 0 radical (unpaired) electrons. The Labute approximate surface area is 258 Å². The zero-order valence-corrected chi connectivity index (χ0v) is 26.1. The van der Waals surface area contributed by atoms with Crippen molar-refractivity contribution < 1.29 is 23.1 Å². The van der Waals surface area contributed by atoms with Gasteiger partial charge in [-0.3, -0.25) is 9.69 Å². The molecule has 1 saturated heterocycles. The van der Waals surface area contributed by atoms with Crippen LogP contribution in [-0.2, 0) is 21.2 Å². The summed E-state index contributed by atoms with van der Waals surface area (Å²) in [7, 11) is -3.95. The van der Waals surface area contributed by atoms with E-state index in [1.807, 2.05) is 42.5 Å². The minimum absolute atomic E-state index is 0.0480. The zero-order valence-electron chi connectivity index (χ0n) is 24.5. The van der Waals surface area contributed by atoms with E-state index in [1.54, 1.807) is 29.2 Å². The summed E-state index contributed by atoms with van der Waals surface area (Å²) in [5.41, 5.74) is 0.982. The first kappa shape index (κ1) is 32.5. The summed E-state index contributed by atoms with van der Waals surface area (Å²) in [6.45, 7) is 6.02. The predicted molar refractivity (Wildman–Crippen MR) is 170 cm³/mol. The Morgan fingerprint density at radius 1 is 0.977 bits per heavy atom. The molecule has 1 aliphatic rings. The summed E-state index contributed by atoms with van der Waals surface area (Å²) in [5, 5.41) is 12.8. The average molecular weight is 627 g/mol. The highest BCUT2D eigenvalue weighted by atomic mass is 35.5. The number of hydrogen-bond acceptors (Lipinski definition) is 5. The van der Waals surface area contributed by atoms with Gasteiger partial charge in [0.15, 0.2) is 0 Å². The molecule has 4 rings (SSSR count). The fourth-order valence-corrected chi connectivity index (χ4v) is 6.62. The molecule has 1 aliphatic heterocycles. The van der Waals surface area contributed by atoms with Crippen LogP contribution in [-0.4, -0.2) is 62.1 Å². The van der Waals surface area contributed by atoms with Gasteiger partial charge in [-0.15, -0.1) is 0 Å². The van der Waals surface area contributed by atoms with Crippen LogP contribution in [0.2, 0.25) is 5.02 Å². The average Bonchev–Trinajstić information content (AvgIpc) is 2.97. The molecule has 3 aromatic rings. The SMILES string of the molecule is CC(C)(NS(=O)(=O)c1ccc(CC2CCN(CCCN(C(=O)Nc3ccc(Cl)cc3)c3ccccc3)CC2)cc1)C(=O)O. The lowest BCUT2D eigenvalue weighted by atomic mass is 9.90. The molecule has 2 amide bonds. The van der Waals surface area contributed by atoms with Crippen molar-refractivity contribution >= 4 is 45.0 Å². The van der Waals surface area contributed by atoms with Gasteiger partial charge in [-0.05, 0) is 119 Å². The van der Waals surface area contributed by atoms with Gasteiger partial charge >= 0.3 is 12.0 Å². The number of piperidine rings is 1. The minimum atomic E-state index is -3.95. The Morgan fingerprint density at radius 2 is 1.60 bits per heavy atom. The largest absolute Gasteiger partial charge is 0.480 e. The van der Waals surface area contributed by atoms with Crippen molar-refractivity contribution in [3.63, 3.8) is 0 Å². The third-order valence-electron chi connectivity index (χ3n) is 7.65. The van der Waals surface area contributed by atoms with Crippen LogP contribution >= 0.6 is 11.6 Å². The number of nitrogens with one attached hydrogen (secondary N) is 2. The molecule has 230 valence electrons. The van der Waals surface area contributed by atoms with Crippen LogP contribution in [0.4, 0.5) is 16.2 Å². The van der Waals surface area contributed by atoms with Crippen LogP contribution in [0.1, 0.15) is 38.7 Å². The van der Waals surface area contributed by atoms with Crippen molar-refractivity contribution in [2.45, 2.75) is 50.0 Å². The monoisotopic (exact) mass is 626 g/mol. The Balaban J connectivity index is 1.25. The van der Waals surface area contributed by atoms with E-state index in [0.717, 1.165) is 56.6 Å². The molecule has 0 saturated carbocycles. The van der Waals surface area contributed by atoms with Crippen LogP contribution in [0, 0.1) is 5.92 Å². The number of aliphatic carboxylic acids is 1. The molecule has 3 N–H and O–H groups in total. The van der Waals surface area contributed by atoms with E-state index in [-0.39, 0.29) is 10.9 Å². The third-order valence-corrected chi connectivity index (χ3v) is 9.58. The minimum Gasteiger partial charge on any atom is -0.480 e. The first-order valence-electron chi connectivity index (χ1n) is 14.4. The van der Waals surface area contributed by atoms with Crippen molar-refractivity contribution in [1.29, 1.82) is 0 Å². The first-order chi connectivity index (χ1) is 20.4. The molecule has 11 heteroatoms. The van der Waals surface area contributed by atoms with Crippen molar-refractivity contribution in [1.82, 2.24) is 9.62 Å². The van der Waals surface area contributed by atoms with Gasteiger partial charge < -0.3 is 15.3 Å². The Hall–Kier alpha value is -3.44. The van der Waals surface area contributed by atoms with Crippen LogP contribution in [0.25, 0.3) is 0 Å². The maximum atomic E-state index is 13.2. The molecule has 43 heavy (non-hydrogen) atoms. The van der Waals surface area contributed by atoms with E-state index in [4.69, 9.17) is 11.6 Å². The van der Waals surface area contributed by atoms with Crippen molar-refractivity contribution in [2.75, 3.05) is 36.4 Å². The van der Waals surface area contributed by atoms with Gasteiger partial charge in [-0.2, -0.15) is 4.72 Å². The maximum absolute atomic E-state index is 13.2. The van der Waals surface area contributed by atoms with Gasteiger partial charge in [0.05, 0.1) is 4.90 Å². The second-order valence-corrected chi connectivity index (χ2v) is 13.6. The van der Waals surface area contributed by atoms with E-state index in [9.17, 15) is 23.1 Å². The number of carboxylic acid groups (broad SMARTS) is 1. The van der Waals surface area contributed by atoms with E-state index in [0.29, 0.717) is 23.2 Å². The lowest BCUT2D eigenvalue weighted by Crippen LogP contribution is -2.49. The number of urea groups is 1.